The van der Waals surface area contributed by atoms with Gasteiger partial charge < -0.3 is 20.3 Å². The first kappa shape index (κ1) is 20.8. The van der Waals surface area contributed by atoms with Crippen LogP contribution in [0.2, 0.25) is 0 Å². The monoisotopic (exact) mass is 414 g/mol. The second-order valence-electron chi connectivity index (χ2n) is 9.35. The molecule has 0 aromatic rings. The largest absolute Gasteiger partial charge is 0.450 e. The second-order valence-corrected chi connectivity index (χ2v) is 9.35. The number of halogens is 2. The Labute approximate surface area is 170 Å². The third-order valence-corrected chi connectivity index (χ3v) is 7.42. The Balaban J connectivity index is 1.25. The number of rotatable bonds is 4. The standard InChI is InChI=1S/C20H32F2N4O3/c1-2-29-18(28)25-8-5-19(12-25)9-15(10-19)24-6-3-14(4-7-24)26-13-20(21,22)11-16(26)17(23)27/h14-16H,2-13H2,1H3,(H2,23,27)/t15?,16-,19?/m1/s1. The van der Waals surface area contributed by atoms with Gasteiger partial charge in [0.05, 0.1) is 19.2 Å². The molecule has 29 heavy (non-hydrogen) atoms. The Morgan fingerprint density at radius 1 is 1.07 bits per heavy atom. The van der Waals surface area contributed by atoms with Crippen LogP contribution >= 0.6 is 0 Å². The van der Waals surface area contributed by atoms with Gasteiger partial charge in [-0.25, -0.2) is 13.6 Å². The van der Waals surface area contributed by atoms with Gasteiger partial charge in [-0.3, -0.25) is 9.69 Å². The molecule has 1 aliphatic carbocycles. The van der Waals surface area contributed by atoms with Crippen LogP contribution in [0.1, 0.15) is 45.4 Å². The van der Waals surface area contributed by atoms with Gasteiger partial charge in [0.15, 0.2) is 0 Å². The number of hydrogen-bond donors (Lipinski definition) is 1. The van der Waals surface area contributed by atoms with Crippen LogP contribution in [0.3, 0.4) is 0 Å². The minimum Gasteiger partial charge on any atom is -0.450 e. The van der Waals surface area contributed by atoms with Crippen LogP contribution in [0.15, 0.2) is 0 Å². The number of amides is 2. The minimum atomic E-state index is -2.83. The zero-order valence-electron chi connectivity index (χ0n) is 17.1. The maximum atomic E-state index is 13.8. The molecule has 0 aromatic heterocycles. The van der Waals surface area contributed by atoms with Gasteiger partial charge in [0.2, 0.25) is 5.91 Å². The van der Waals surface area contributed by atoms with E-state index in [2.05, 4.69) is 4.90 Å². The van der Waals surface area contributed by atoms with E-state index in [-0.39, 0.29) is 24.1 Å². The Kier molecular flexibility index (Phi) is 5.48. The van der Waals surface area contributed by atoms with Gasteiger partial charge in [0.1, 0.15) is 0 Å². The van der Waals surface area contributed by atoms with Gasteiger partial charge in [-0.05, 0) is 57.5 Å². The molecule has 4 aliphatic rings. The van der Waals surface area contributed by atoms with Crippen molar-refractivity contribution in [2.24, 2.45) is 11.1 Å². The predicted octanol–water partition coefficient (Wildman–Crippen LogP) is 1.66. The Morgan fingerprint density at radius 3 is 2.38 bits per heavy atom. The number of hydrogen-bond acceptors (Lipinski definition) is 5. The Morgan fingerprint density at radius 2 is 1.76 bits per heavy atom. The van der Waals surface area contributed by atoms with E-state index in [1.807, 2.05) is 11.8 Å². The van der Waals surface area contributed by atoms with Gasteiger partial charge in [-0.1, -0.05) is 0 Å². The van der Waals surface area contributed by atoms with Crippen molar-refractivity contribution in [3.8, 4) is 0 Å². The summed E-state index contributed by atoms with van der Waals surface area (Å²) in [5, 5.41) is 0. The van der Waals surface area contributed by atoms with E-state index >= 15 is 0 Å². The third kappa shape index (κ3) is 4.08. The highest BCUT2D eigenvalue weighted by Gasteiger charge is 2.53. The molecule has 164 valence electrons. The van der Waals surface area contributed by atoms with Gasteiger partial charge in [0.25, 0.3) is 5.92 Å². The summed E-state index contributed by atoms with van der Waals surface area (Å²) in [5.74, 6) is -3.47. The highest BCUT2D eigenvalue weighted by Crippen LogP contribution is 2.50. The van der Waals surface area contributed by atoms with Gasteiger partial charge in [0, 0.05) is 31.6 Å². The molecule has 0 unspecified atom stereocenters. The molecule has 3 heterocycles. The van der Waals surface area contributed by atoms with E-state index in [0.29, 0.717) is 12.6 Å². The molecular weight excluding hydrogens is 382 g/mol. The van der Waals surface area contributed by atoms with Crippen molar-refractivity contribution in [2.45, 2.75) is 69.5 Å². The summed E-state index contributed by atoms with van der Waals surface area (Å²) in [5.41, 5.74) is 5.60. The number of ether oxygens (including phenoxy) is 1. The molecule has 4 fully saturated rings. The van der Waals surface area contributed by atoms with Crippen LogP contribution in [-0.4, -0.2) is 90.1 Å². The molecule has 0 aromatic carbocycles. The zero-order chi connectivity index (χ0) is 20.8. The molecule has 2 N–H and O–H groups in total. The van der Waals surface area contributed by atoms with Crippen LogP contribution in [0.5, 0.6) is 0 Å². The maximum absolute atomic E-state index is 13.8. The SMILES string of the molecule is CCOC(=O)N1CCC2(CC(N3CCC(N4CC(F)(F)C[C@@H]4C(N)=O)CC3)C2)C1. The first-order valence-corrected chi connectivity index (χ1v) is 10.8. The van der Waals surface area contributed by atoms with E-state index in [0.717, 1.165) is 58.3 Å². The van der Waals surface area contributed by atoms with Crippen molar-refractivity contribution in [1.29, 1.82) is 0 Å². The van der Waals surface area contributed by atoms with Crippen LogP contribution in [0, 0.1) is 5.41 Å². The summed E-state index contributed by atoms with van der Waals surface area (Å²) < 4.78 is 32.8. The van der Waals surface area contributed by atoms with Crippen molar-refractivity contribution in [3.05, 3.63) is 0 Å². The summed E-state index contributed by atoms with van der Waals surface area (Å²) in [6.07, 6.45) is 4.11. The third-order valence-electron chi connectivity index (χ3n) is 7.42. The molecule has 1 atom stereocenters. The number of alkyl halides is 2. The van der Waals surface area contributed by atoms with Crippen molar-refractivity contribution >= 4 is 12.0 Å². The molecule has 0 radical (unpaired) electrons. The lowest BCUT2D eigenvalue weighted by atomic mass is 9.64. The predicted molar refractivity (Wildman–Crippen MR) is 103 cm³/mol. The summed E-state index contributed by atoms with van der Waals surface area (Å²) >= 11 is 0. The zero-order valence-corrected chi connectivity index (χ0v) is 17.1. The summed E-state index contributed by atoms with van der Waals surface area (Å²) in [4.78, 5) is 29.5. The van der Waals surface area contributed by atoms with Crippen LogP contribution < -0.4 is 5.73 Å². The highest BCUT2D eigenvalue weighted by molar-refractivity contribution is 5.80. The maximum Gasteiger partial charge on any atom is 0.409 e. The summed E-state index contributed by atoms with van der Waals surface area (Å²) in [6.45, 7) is 5.14. The quantitative estimate of drug-likeness (QED) is 0.757. The average molecular weight is 414 g/mol. The number of likely N-dealkylation sites (tertiary alicyclic amines) is 3. The van der Waals surface area contributed by atoms with Crippen molar-refractivity contribution in [1.82, 2.24) is 14.7 Å². The average Bonchev–Trinajstić information content (AvgIpc) is 3.22. The fraction of sp³-hybridized carbons (Fsp3) is 0.900. The molecule has 9 heteroatoms. The molecular formula is C20H32F2N4O3. The Bertz CT molecular complexity index is 648. The number of piperidine rings is 1. The second kappa shape index (κ2) is 7.65. The lowest BCUT2D eigenvalue weighted by Gasteiger charge is -2.52. The van der Waals surface area contributed by atoms with Crippen LogP contribution in [0.4, 0.5) is 13.6 Å². The molecule has 0 bridgehead atoms. The van der Waals surface area contributed by atoms with E-state index in [1.54, 1.807) is 4.90 Å². The molecule has 3 saturated heterocycles. The lowest BCUT2D eigenvalue weighted by Crippen LogP contribution is -2.57. The van der Waals surface area contributed by atoms with Crippen molar-refractivity contribution in [2.75, 3.05) is 39.3 Å². The van der Waals surface area contributed by atoms with E-state index in [4.69, 9.17) is 10.5 Å². The molecule has 7 nitrogen and oxygen atoms in total. The van der Waals surface area contributed by atoms with Crippen molar-refractivity contribution < 1.29 is 23.1 Å². The molecule has 2 amide bonds. The first-order chi connectivity index (χ1) is 13.7. The fourth-order valence-corrected chi connectivity index (χ4v) is 5.91. The highest BCUT2D eigenvalue weighted by atomic mass is 19.3. The van der Waals surface area contributed by atoms with Gasteiger partial charge >= 0.3 is 6.09 Å². The number of nitrogens with zero attached hydrogens (tertiary/aromatic N) is 3. The molecule has 1 saturated carbocycles. The smallest absolute Gasteiger partial charge is 0.409 e. The number of nitrogens with two attached hydrogens (primary N) is 1. The lowest BCUT2D eigenvalue weighted by molar-refractivity contribution is -0.123. The molecule has 4 rings (SSSR count). The first-order valence-electron chi connectivity index (χ1n) is 10.8. The van der Waals surface area contributed by atoms with Crippen molar-refractivity contribution in [3.63, 3.8) is 0 Å². The van der Waals surface area contributed by atoms with E-state index < -0.39 is 24.3 Å². The number of carbonyl (C=O) groups is 2. The molecule has 1 spiro atoms. The van der Waals surface area contributed by atoms with Crippen LogP contribution in [-0.2, 0) is 9.53 Å². The number of carbonyl (C=O) groups excluding carboxylic acids is 2. The topological polar surface area (TPSA) is 79.1 Å². The molecule has 3 aliphatic heterocycles. The summed E-state index contributed by atoms with van der Waals surface area (Å²) in [6, 6.07) is -0.345. The fourth-order valence-electron chi connectivity index (χ4n) is 5.91. The van der Waals surface area contributed by atoms with E-state index in [1.165, 1.54) is 0 Å². The van der Waals surface area contributed by atoms with Crippen LogP contribution in [0.25, 0.3) is 0 Å². The minimum absolute atomic E-state index is 0.00283. The number of primary amides is 1. The normalized spacial score (nSPS) is 35.8. The van der Waals surface area contributed by atoms with Gasteiger partial charge in [-0.15, -0.1) is 0 Å². The summed E-state index contributed by atoms with van der Waals surface area (Å²) in [7, 11) is 0. The van der Waals surface area contributed by atoms with Gasteiger partial charge in [-0.2, -0.15) is 0 Å². The Hall–Kier alpha value is -1.48. The van der Waals surface area contributed by atoms with E-state index in [9.17, 15) is 18.4 Å².